The molecule has 3 amide bonds. The van der Waals surface area contributed by atoms with Crippen molar-refractivity contribution in [3.05, 3.63) is 45.6 Å². The highest BCUT2D eigenvalue weighted by Crippen LogP contribution is 2.20. The lowest BCUT2D eigenvalue weighted by molar-refractivity contribution is 0.0919. The maximum absolute atomic E-state index is 12.4. The normalized spacial score (nSPS) is 12.3. The first-order valence-electron chi connectivity index (χ1n) is 8.21. The van der Waals surface area contributed by atoms with Crippen LogP contribution >= 0.6 is 0 Å². The molecular weight excluding hydrogens is 336 g/mol. The SMILES string of the molecule is Cc1c(NC(=O)NC(C)c2n[nH]c(=O)[nH]2)cccc1C(=O)NC(C)(C)C. The third-order valence-corrected chi connectivity index (χ3v) is 3.59. The fourth-order valence-electron chi connectivity index (χ4n) is 2.34. The molecule has 0 aliphatic carbocycles. The van der Waals surface area contributed by atoms with Gasteiger partial charge in [0.2, 0.25) is 0 Å². The van der Waals surface area contributed by atoms with Gasteiger partial charge in [-0.15, -0.1) is 0 Å². The van der Waals surface area contributed by atoms with Crippen LogP contribution in [-0.4, -0.2) is 32.7 Å². The third-order valence-electron chi connectivity index (χ3n) is 3.59. The van der Waals surface area contributed by atoms with Crippen molar-refractivity contribution in [1.29, 1.82) is 0 Å². The number of hydrogen-bond acceptors (Lipinski definition) is 4. The summed E-state index contributed by atoms with van der Waals surface area (Å²) in [5.74, 6) is 0.113. The fraction of sp³-hybridized carbons (Fsp3) is 0.412. The van der Waals surface area contributed by atoms with Crippen LogP contribution in [0.1, 0.15) is 55.5 Å². The van der Waals surface area contributed by atoms with Gasteiger partial charge >= 0.3 is 11.7 Å². The van der Waals surface area contributed by atoms with Gasteiger partial charge in [-0.25, -0.2) is 14.7 Å². The van der Waals surface area contributed by atoms with E-state index in [2.05, 4.69) is 31.1 Å². The van der Waals surface area contributed by atoms with Crippen molar-refractivity contribution in [2.75, 3.05) is 5.32 Å². The number of carbonyl (C=O) groups excluding carboxylic acids is 2. The molecule has 26 heavy (non-hydrogen) atoms. The molecular formula is C17H24N6O3. The molecule has 0 fully saturated rings. The Bertz CT molecular complexity index is 862. The van der Waals surface area contributed by atoms with Crippen LogP contribution in [0.3, 0.4) is 0 Å². The summed E-state index contributed by atoms with van der Waals surface area (Å²) in [7, 11) is 0. The summed E-state index contributed by atoms with van der Waals surface area (Å²) in [6.45, 7) is 9.15. The molecule has 9 nitrogen and oxygen atoms in total. The van der Waals surface area contributed by atoms with E-state index in [1.807, 2.05) is 20.8 Å². The maximum Gasteiger partial charge on any atom is 0.340 e. The monoisotopic (exact) mass is 360 g/mol. The Balaban J connectivity index is 2.09. The van der Waals surface area contributed by atoms with E-state index in [0.29, 0.717) is 22.6 Å². The number of nitrogens with one attached hydrogen (secondary N) is 5. The average molecular weight is 360 g/mol. The first-order chi connectivity index (χ1) is 12.1. The molecule has 2 aromatic rings. The molecule has 2 rings (SSSR count). The van der Waals surface area contributed by atoms with Crippen molar-refractivity contribution in [2.45, 2.75) is 46.2 Å². The fourth-order valence-corrected chi connectivity index (χ4v) is 2.34. The number of anilines is 1. The minimum atomic E-state index is -0.498. The Morgan fingerprint density at radius 2 is 1.92 bits per heavy atom. The molecule has 0 bridgehead atoms. The van der Waals surface area contributed by atoms with Crippen molar-refractivity contribution in [3.63, 3.8) is 0 Å². The van der Waals surface area contributed by atoms with Crippen LogP contribution in [0.25, 0.3) is 0 Å². The number of aromatic amines is 2. The van der Waals surface area contributed by atoms with E-state index in [1.165, 1.54) is 0 Å². The van der Waals surface area contributed by atoms with Gasteiger partial charge in [0.1, 0.15) is 0 Å². The molecule has 0 saturated carbocycles. The molecule has 0 saturated heterocycles. The van der Waals surface area contributed by atoms with Crippen LogP contribution in [0.4, 0.5) is 10.5 Å². The first-order valence-corrected chi connectivity index (χ1v) is 8.21. The van der Waals surface area contributed by atoms with Crippen LogP contribution in [-0.2, 0) is 0 Å². The van der Waals surface area contributed by atoms with Crippen molar-refractivity contribution in [1.82, 2.24) is 25.8 Å². The summed E-state index contributed by atoms with van der Waals surface area (Å²) < 4.78 is 0. The molecule has 0 radical (unpaired) electrons. The van der Waals surface area contributed by atoms with Gasteiger partial charge in [-0.2, -0.15) is 5.10 Å². The second-order valence-electron chi connectivity index (χ2n) is 7.07. The highest BCUT2D eigenvalue weighted by molar-refractivity contribution is 5.99. The second kappa shape index (κ2) is 7.42. The number of amides is 3. The number of aromatic nitrogens is 3. The summed E-state index contributed by atoms with van der Waals surface area (Å²) in [6.07, 6.45) is 0. The van der Waals surface area contributed by atoms with Gasteiger partial charge in [0, 0.05) is 16.8 Å². The lowest BCUT2D eigenvalue weighted by atomic mass is 10.0. The molecule has 5 N–H and O–H groups in total. The summed E-state index contributed by atoms with van der Waals surface area (Å²) >= 11 is 0. The van der Waals surface area contributed by atoms with Crippen LogP contribution in [0.2, 0.25) is 0 Å². The van der Waals surface area contributed by atoms with Crippen molar-refractivity contribution >= 4 is 17.6 Å². The highest BCUT2D eigenvalue weighted by Gasteiger charge is 2.19. The Morgan fingerprint density at radius 1 is 1.23 bits per heavy atom. The summed E-state index contributed by atoms with van der Waals surface area (Å²) in [5.41, 5.74) is 0.863. The predicted molar refractivity (Wildman–Crippen MR) is 98.2 cm³/mol. The zero-order chi connectivity index (χ0) is 19.5. The molecule has 1 atom stereocenters. The van der Waals surface area contributed by atoms with E-state index in [1.54, 1.807) is 32.0 Å². The average Bonchev–Trinajstić information content (AvgIpc) is 2.94. The molecule has 140 valence electrons. The van der Waals surface area contributed by atoms with E-state index in [9.17, 15) is 14.4 Å². The summed E-state index contributed by atoms with van der Waals surface area (Å²) in [6, 6.07) is 4.15. The minimum Gasteiger partial charge on any atom is -0.347 e. The van der Waals surface area contributed by atoms with E-state index in [0.717, 1.165) is 0 Å². The number of H-pyrrole nitrogens is 2. The quantitative estimate of drug-likeness (QED) is 0.569. The third kappa shape index (κ3) is 4.95. The van der Waals surface area contributed by atoms with Gasteiger partial charge in [0.15, 0.2) is 5.82 Å². The zero-order valence-corrected chi connectivity index (χ0v) is 15.5. The smallest absolute Gasteiger partial charge is 0.340 e. The van der Waals surface area contributed by atoms with E-state index in [4.69, 9.17) is 0 Å². The van der Waals surface area contributed by atoms with Crippen molar-refractivity contribution in [3.8, 4) is 0 Å². The minimum absolute atomic E-state index is 0.207. The van der Waals surface area contributed by atoms with Gasteiger partial charge in [0.05, 0.1) is 6.04 Å². The van der Waals surface area contributed by atoms with Crippen LogP contribution < -0.4 is 21.6 Å². The summed E-state index contributed by atoms with van der Waals surface area (Å²) in [4.78, 5) is 38.2. The Morgan fingerprint density at radius 3 is 2.50 bits per heavy atom. The molecule has 1 heterocycles. The van der Waals surface area contributed by atoms with Gasteiger partial charge in [0.25, 0.3) is 5.91 Å². The molecule has 9 heteroatoms. The highest BCUT2D eigenvalue weighted by atomic mass is 16.2. The summed E-state index contributed by atoms with van der Waals surface area (Å²) in [5, 5.41) is 14.3. The molecule has 1 unspecified atom stereocenters. The molecule has 0 spiro atoms. The Hall–Kier alpha value is -3.10. The molecule has 0 aliphatic rings. The largest absolute Gasteiger partial charge is 0.347 e. The lowest BCUT2D eigenvalue weighted by Crippen LogP contribution is -2.41. The number of carbonyl (C=O) groups is 2. The van der Waals surface area contributed by atoms with Crippen molar-refractivity contribution in [2.24, 2.45) is 0 Å². The topological polar surface area (TPSA) is 132 Å². The van der Waals surface area contributed by atoms with Crippen molar-refractivity contribution < 1.29 is 9.59 Å². The number of nitrogens with zero attached hydrogens (tertiary/aromatic N) is 1. The van der Waals surface area contributed by atoms with E-state index >= 15 is 0 Å². The standard InChI is InChI=1S/C17H24N6O3/c1-9-11(14(24)21-17(3,4)5)7-6-8-12(9)19-15(25)18-10(2)13-20-16(26)23-22-13/h6-8,10H,1-5H3,(H,21,24)(H2,18,19,25)(H2,20,22,23,26). The Labute approximate surface area is 151 Å². The van der Waals surface area contributed by atoms with E-state index in [-0.39, 0.29) is 11.4 Å². The van der Waals surface area contributed by atoms with Gasteiger partial charge in [-0.3, -0.25) is 9.78 Å². The number of benzene rings is 1. The van der Waals surface area contributed by atoms with Crippen LogP contribution in [0.5, 0.6) is 0 Å². The lowest BCUT2D eigenvalue weighted by Gasteiger charge is -2.22. The van der Waals surface area contributed by atoms with Gasteiger partial charge in [-0.1, -0.05) is 6.07 Å². The van der Waals surface area contributed by atoms with Gasteiger partial charge < -0.3 is 16.0 Å². The molecule has 1 aromatic heterocycles. The first kappa shape index (κ1) is 19.2. The predicted octanol–water partition coefficient (Wildman–Crippen LogP) is 1.82. The Kier molecular flexibility index (Phi) is 5.49. The molecule has 0 aliphatic heterocycles. The number of rotatable bonds is 4. The van der Waals surface area contributed by atoms with Crippen LogP contribution in [0, 0.1) is 6.92 Å². The number of urea groups is 1. The van der Waals surface area contributed by atoms with Gasteiger partial charge in [-0.05, 0) is 52.3 Å². The van der Waals surface area contributed by atoms with Crippen LogP contribution in [0.15, 0.2) is 23.0 Å². The molecule has 1 aromatic carbocycles. The maximum atomic E-state index is 12.4. The van der Waals surface area contributed by atoms with E-state index < -0.39 is 17.8 Å². The second-order valence-corrected chi connectivity index (χ2v) is 7.07. The number of hydrogen-bond donors (Lipinski definition) is 5. The zero-order valence-electron chi connectivity index (χ0n) is 15.5.